The lowest BCUT2D eigenvalue weighted by atomic mass is 10.1. The van der Waals surface area contributed by atoms with E-state index in [2.05, 4.69) is 33.8 Å². The highest BCUT2D eigenvalue weighted by Gasteiger charge is 2.19. The standard InChI is InChI=1S/C28H20N2OS.BrH/c31-27(23-17-9-3-10-18-23)29-28-30(24-19-11-4-12-20-24)25(21-13-5-1-6-14-21)26(32-28)22-15-7-2-8-16-22;/h1-20H;1H/p-1. The summed E-state index contributed by atoms with van der Waals surface area (Å²) in [6.07, 6.45) is 0. The molecular formula is C28H20BrN2OS-. The molecule has 0 saturated carbocycles. The zero-order chi connectivity index (χ0) is 21.8. The number of aromatic nitrogens is 1. The third-order valence-electron chi connectivity index (χ3n) is 5.14. The highest BCUT2D eigenvalue weighted by Crippen LogP contribution is 2.36. The van der Waals surface area contributed by atoms with Crippen molar-refractivity contribution in [1.29, 1.82) is 0 Å². The van der Waals surface area contributed by atoms with E-state index in [4.69, 9.17) is 0 Å². The number of carbonyl (C=O) groups excluding carboxylic acids is 1. The molecular weight excluding hydrogens is 492 g/mol. The van der Waals surface area contributed by atoms with Gasteiger partial charge in [-0.3, -0.25) is 9.36 Å². The van der Waals surface area contributed by atoms with Crippen LogP contribution >= 0.6 is 11.3 Å². The Morgan fingerprint density at radius 3 is 1.70 bits per heavy atom. The normalized spacial score (nSPS) is 11.1. The van der Waals surface area contributed by atoms with E-state index in [1.54, 1.807) is 12.1 Å². The minimum absolute atomic E-state index is 0. The summed E-state index contributed by atoms with van der Waals surface area (Å²) in [5.74, 6) is -0.254. The first kappa shape index (κ1) is 22.6. The summed E-state index contributed by atoms with van der Waals surface area (Å²) in [6, 6.07) is 39.8. The van der Waals surface area contributed by atoms with E-state index in [1.807, 2.05) is 84.9 Å². The Bertz CT molecular complexity index is 1410. The number of carbonyl (C=O) groups is 1. The van der Waals surface area contributed by atoms with Crippen LogP contribution in [0.2, 0.25) is 0 Å². The molecule has 1 heterocycles. The first-order valence-corrected chi connectivity index (χ1v) is 11.2. The van der Waals surface area contributed by atoms with Crippen molar-refractivity contribution < 1.29 is 21.8 Å². The molecule has 0 saturated heterocycles. The van der Waals surface area contributed by atoms with Crippen LogP contribution in [0.1, 0.15) is 10.4 Å². The number of hydrogen-bond acceptors (Lipinski definition) is 2. The van der Waals surface area contributed by atoms with Crippen LogP contribution in [0, 0.1) is 0 Å². The molecule has 3 nitrogen and oxygen atoms in total. The summed E-state index contributed by atoms with van der Waals surface area (Å²) in [5, 5.41) is 0. The lowest BCUT2D eigenvalue weighted by Crippen LogP contribution is -3.00. The summed E-state index contributed by atoms with van der Waals surface area (Å²) < 4.78 is 2.09. The van der Waals surface area contributed by atoms with Crippen LogP contribution in [0.15, 0.2) is 126 Å². The molecule has 0 radical (unpaired) electrons. The van der Waals surface area contributed by atoms with Crippen molar-refractivity contribution in [3.8, 4) is 27.4 Å². The topological polar surface area (TPSA) is 34.4 Å². The van der Waals surface area contributed by atoms with Crippen LogP contribution in [0.25, 0.3) is 27.4 Å². The molecule has 1 aromatic heterocycles. The lowest BCUT2D eigenvalue weighted by Gasteiger charge is -2.11. The number of amides is 1. The molecule has 0 aliphatic rings. The zero-order valence-corrected chi connectivity index (χ0v) is 20.0. The highest BCUT2D eigenvalue weighted by atomic mass is 79.9. The van der Waals surface area contributed by atoms with Crippen molar-refractivity contribution in [3.63, 3.8) is 0 Å². The van der Waals surface area contributed by atoms with Gasteiger partial charge in [-0.05, 0) is 29.8 Å². The molecule has 0 fully saturated rings. The van der Waals surface area contributed by atoms with Crippen LogP contribution in [0.4, 0.5) is 0 Å². The SMILES string of the molecule is O=C(N=c1sc(-c2ccccc2)c(-c2ccccc2)n1-c1ccccc1)c1ccccc1.[Br-]. The molecule has 0 spiro atoms. The monoisotopic (exact) mass is 511 g/mol. The molecule has 0 atom stereocenters. The predicted molar refractivity (Wildman–Crippen MR) is 131 cm³/mol. The second-order valence-corrected chi connectivity index (χ2v) is 8.23. The van der Waals surface area contributed by atoms with Gasteiger partial charge in [-0.15, -0.1) is 0 Å². The molecule has 5 aromatic rings. The van der Waals surface area contributed by atoms with E-state index in [9.17, 15) is 4.79 Å². The van der Waals surface area contributed by atoms with Gasteiger partial charge in [-0.1, -0.05) is 108 Å². The molecule has 4 aromatic carbocycles. The Kier molecular flexibility index (Phi) is 7.13. The summed E-state index contributed by atoms with van der Waals surface area (Å²) in [7, 11) is 0. The highest BCUT2D eigenvalue weighted by molar-refractivity contribution is 7.13. The van der Waals surface area contributed by atoms with Crippen molar-refractivity contribution in [2.24, 2.45) is 4.99 Å². The first-order chi connectivity index (χ1) is 15.8. The number of rotatable bonds is 4. The van der Waals surface area contributed by atoms with Crippen molar-refractivity contribution in [1.82, 2.24) is 4.57 Å². The lowest BCUT2D eigenvalue weighted by molar-refractivity contribution is -0.0000141. The molecule has 0 unspecified atom stereocenters. The van der Waals surface area contributed by atoms with Crippen LogP contribution in [0.5, 0.6) is 0 Å². The molecule has 162 valence electrons. The van der Waals surface area contributed by atoms with Gasteiger partial charge in [0, 0.05) is 16.8 Å². The third kappa shape index (κ3) is 4.80. The fraction of sp³-hybridized carbons (Fsp3) is 0. The third-order valence-corrected chi connectivity index (χ3v) is 6.23. The smallest absolute Gasteiger partial charge is 0.279 e. The van der Waals surface area contributed by atoms with Crippen LogP contribution < -0.4 is 21.8 Å². The average molecular weight is 512 g/mol. The maximum absolute atomic E-state index is 13.0. The Morgan fingerprint density at radius 1 is 0.636 bits per heavy atom. The zero-order valence-electron chi connectivity index (χ0n) is 17.6. The number of nitrogens with zero attached hydrogens (tertiary/aromatic N) is 2. The van der Waals surface area contributed by atoms with E-state index < -0.39 is 0 Å². The second kappa shape index (κ2) is 10.4. The van der Waals surface area contributed by atoms with Gasteiger partial charge in [-0.25, -0.2) is 0 Å². The number of halogens is 1. The van der Waals surface area contributed by atoms with E-state index >= 15 is 0 Å². The summed E-state index contributed by atoms with van der Waals surface area (Å²) in [6.45, 7) is 0. The van der Waals surface area contributed by atoms with Gasteiger partial charge in [0.25, 0.3) is 5.91 Å². The number of benzene rings is 4. The van der Waals surface area contributed by atoms with Gasteiger partial charge in [0.05, 0.1) is 10.6 Å². The Hall–Kier alpha value is -3.54. The first-order valence-electron chi connectivity index (χ1n) is 10.4. The fourth-order valence-electron chi connectivity index (χ4n) is 3.65. The van der Waals surface area contributed by atoms with Crippen LogP contribution in [-0.2, 0) is 0 Å². The van der Waals surface area contributed by atoms with Gasteiger partial charge in [0.15, 0.2) is 4.80 Å². The van der Waals surface area contributed by atoms with E-state index in [0.717, 1.165) is 27.4 Å². The summed E-state index contributed by atoms with van der Waals surface area (Å²) in [5.41, 5.74) is 4.72. The molecule has 33 heavy (non-hydrogen) atoms. The minimum atomic E-state index is -0.254. The molecule has 0 aliphatic carbocycles. The number of thiazole rings is 1. The van der Waals surface area contributed by atoms with Crippen molar-refractivity contribution in [2.45, 2.75) is 0 Å². The molecule has 5 heteroatoms. The van der Waals surface area contributed by atoms with Crippen molar-refractivity contribution >= 4 is 17.2 Å². The maximum Gasteiger partial charge on any atom is 0.279 e. The second-order valence-electron chi connectivity index (χ2n) is 7.25. The molecule has 0 bridgehead atoms. The van der Waals surface area contributed by atoms with E-state index in [1.165, 1.54) is 11.3 Å². The van der Waals surface area contributed by atoms with E-state index in [-0.39, 0.29) is 22.9 Å². The molecule has 5 rings (SSSR count). The Labute approximate surface area is 207 Å². The van der Waals surface area contributed by atoms with Gasteiger partial charge >= 0.3 is 0 Å². The van der Waals surface area contributed by atoms with Crippen molar-refractivity contribution in [2.75, 3.05) is 0 Å². The maximum atomic E-state index is 13.0. The average Bonchev–Trinajstić information content (AvgIpc) is 3.25. The van der Waals surface area contributed by atoms with Crippen LogP contribution in [0.3, 0.4) is 0 Å². The van der Waals surface area contributed by atoms with Gasteiger partial charge < -0.3 is 17.0 Å². The Balaban J connectivity index is 0.00000259. The van der Waals surface area contributed by atoms with Gasteiger partial charge in [0.1, 0.15) is 0 Å². The largest absolute Gasteiger partial charge is 1.00 e. The van der Waals surface area contributed by atoms with Gasteiger partial charge in [-0.2, -0.15) is 4.99 Å². The molecule has 0 N–H and O–H groups in total. The summed E-state index contributed by atoms with van der Waals surface area (Å²) in [4.78, 5) is 19.3. The Morgan fingerprint density at radius 2 is 1.12 bits per heavy atom. The van der Waals surface area contributed by atoms with Crippen LogP contribution in [-0.4, -0.2) is 10.5 Å². The van der Waals surface area contributed by atoms with Gasteiger partial charge in [0.2, 0.25) is 0 Å². The predicted octanol–water partition coefficient (Wildman–Crippen LogP) is 3.62. The minimum Gasteiger partial charge on any atom is -1.00 e. The fourth-order valence-corrected chi connectivity index (χ4v) is 4.80. The van der Waals surface area contributed by atoms with E-state index in [0.29, 0.717) is 10.4 Å². The number of hydrogen-bond donors (Lipinski definition) is 0. The quantitative estimate of drug-likeness (QED) is 0.362. The number of para-hydroxylation sites is 1. The summed E-state index contributed by atoms with van der Waals surface area (Å²) >= 11 is 1.53. The molecule has 0 aliphatic heterocycles. The molecule has 1 amide bonds. The van der Waals surface area contributed by atoms with Crippen molar-refractivity contribution in [3.05, 3.63) is 132 Å².